The number of benzene rings is 1. The summed E-state index contributed by atoms with van der Waals surface area (Å²) in [5.41, 5.74) is 6.88. The van der Waals surface area contributed by atoms with Crippen molar-refractivity contribution in [1.29, 1.82) is 0 Å². The largest absolute Gasteiger partial charge is 0.493 e. The average Bonchev–Trinajstić information content (AvgIpc) is 2.15. The molecule has 0 saturated carbocycles. The third kappa shape index (κ3) is 3.11. The number of halogens is 1. The molecule has 0 bridgehead atoms. The Morgan fingerprint density at radius 3 is 2.47 bits per heavy atom. The van der Waals surface area contributed by atoms with Gasteiger partial charge in [0.15, 0.2) is 11.5 Å². The van der Waals surface area contributed by atoms with Gasteiger partial charge < -0.3 is 15.2 Å². The summed E-state index contributed by atoms with van der Waals surface area (Å²) in [5, 5.41) is 0. The predicted molar refractivity (Wildman–Crippen MR) is 64.6 cm³/mol. The fraction of sp³-hybridized carbons (Fsp3) is 0.455. The van der Waals surface area contributed by atoms with Crippen molar-refractivity contribution in [2.24, 2.45) is 5.73 Å². The lowest BCUT2D eigenvalue weighted by Gasteiger charge is -2.13. The van der Waals surface area contributed by atoms with Gasteiger partial charge in [0.2, 0.25) is 0 Å². The molecule has 1 aromatic rings. The van der Waals surface area contributed by atoms with Crippen molar-refractivity contribution in [3.05, 3.63) is 22.2 Å². The molecular weight excluding hydrogens is 258 g/mol. The van der Waals surface area contributed by atoms with E-state index in [1.807, 2.05) is 19.1 Å². The van der Waals surface area contributed by atoms with Crippen LogP contribution in [0.1, 0.15) is 12.5 Å². The summed E-state index contributed by atoms with van der Waals surface area (Å²) >= 11 is 3.44. The van der Waals surface area contributed by atoms with E-state index in [1.165, 1.54) is 0 Å². The van der Waals surface area contributed by atoms with E-state index < -0.39 is 0 Å². The molecule has 2 N–H and O–H groups in total. The van der Waals surface area contributed by atoms with E-state index in [1.54, 1.807) is 14.2 Å². The number of rotatable bonds is 4. The average molecular weight is 274 g/mol. The molecule has 0 saturated heterocycles. The molecule has 0 radical (unpaired) electrons. The number of nitrogens with two attached hydrogens (primary N) is 1. The highest BCUT2D eigenvalue weighted by molar-refractivity contribution is 9.10. The van der Waals surface area contributed by atoms with Crippen LogP contribution in [0.4, 0.5) is 0 Å². The minimum absolute atomic E-state index is 0.134. The number of ether oxygens (including phenoxy) is 2. The van der Waals surface area contributed by atoms with Crippen LogP contribution in [0.3, 0.4) is 0 Å². The number of methoxy groups -OCH3 is 2. The zero-order valence-electron chi connectivity index (χ0n) is 9.21. The van der Waals surface area contributed by atoms with Crippen LogP contribution in [0, 0.1) is 0 Å². The van der Waals surface area contributed by atoms with Crippen molar-refractivity contribution in [2.75, 3.05) is 14.2 Å². The minimum Gasteiger partial charge on any atom is -0.493 e. The van der Waals surface area contributed by atoms with E-state index in [2.05, 4.69) is 15.9 Å². The third-order valence-electron chi connectivity index (χ3n) is 2.05. The Balaban J connectivity index is 3.08. The first-order valence-corrected chi connectivity index (χ1v) is 5.53. The van der Waals surface area contributed by atoms with Crippen molar-refractivity contribution in [2.45, 2.75) is 19.4 Å². The van der Waals surface area contributed by atoms with E-state index >= 15 is 0 Å². The Morgan fingerprint density at radius 2 is 2.00 bits per heavy atom. The molecule has 0 aliphatic carbocycles. The third-order valence-corrected chi connectivity index (χ3v) is 2.64. The molecule has 15 heavy (non-hydrogen) atoms. The Morgan fingerprint density at radius 1 is 1.33 bits per heavy atom. The van der Waals surface area contributed by atoms with Gasteiger partial charge in [-0.05, 0) is 47.0 Å². The fourth-order valence-corrected chi connectivity index (χ4v) is 2.11. The Labute approximate surface area is 98.7 Å². The fourth-order valence-electron chi connectivity index (χ4n) is 1.46. The molecule has 1 rings (SSSR count). The molecule has 84 valence electrons. The zero-order valence-corrected chi connectivity index (χ0v) is 10.8. The van der Waals surface area contributed by atoms with Crippen molar-refractivity contribution in [1.82, 2.24) is 0 Å². The van der Waals surface area contributed by atoms with Crippen LogP contribution in [0.25, 0.3) is 0 Å². The highest BCUT2D eigenvalue weighted by Gasteiger charge is 2.10. The second-order valence-corrected chi connectivity index (χ2v) is 4.35. The topological polar surface area (TPSA) is 44.5 Å². The van der Waals surface area contributed by atoms with Gasteiger partial charge in [-0.3, -0.25) is 0 Å². The molecular formula is C11H16BrNO2. The molecule has 1 aromatic carbocycles. The van der Waals surface area contributed by atoms with E-state index in [-0.39, 0.29) is 6.04 Å². The number of hydrogen-bond donors (Lipinski definition) is 1. The Kier molecular flexibility index (Phi) is 4.42. The van der Waals surface area contributed by atoms with Gasteiger partial charge in [0.1, 0.15) is 0 Å². The lowest BCUT2D eigenvalue weighted by molar-refractivity contribution is 0.352. The van der Waals surface area contributed by atoms with Gasteiger partial charge in [-0.25, -0.2) is 0 Å². The smallest absolute Gasteiger partial charge is 0.174 e. The summed E-state index contributed by atoms with van der Waals surface area (Å²) in [6.07, 6.45) is 0.818. The summed E-state index contributed by atoms with van der Waals surface area (Å²) in [7, 11) is 3.24. The monoisotopic (exact) mass is 273 g/mol. The second-order valence-electron chi connectivity index (χ2n) is 3.49. The van der Waals surface area contributed by atoms with Gasteiger partial charge >= 0.3 is 0 Å². The van der Waals surface area contributed by atoms with Crippen LogP contribution in [-0.2, 0) is 6.42 Å². The van der Waals surface area contributed by atoms with E-state index in [9.17, 15) is 0 Å². The minimum atomic E-state index is 0.134. The molecule has 0 heterocycles. The molecule has 0 spiro atoms. The van der Waals surface area contributed by atoms with E-state index in [0.717, 1.165) is 22.2 Å². The van der Waals surface area contributed by atoms with Gasteiger partial charge in [0.25, 0.3) is 0 Å². The van der Waals surface area contributed by atoms with Gasteiger partial charge in [-0.15, -0.1) is 0 Å². The molecule has 1 atom stereocenters. The Hall–Kier alpha value is -0.740. The first-order chi connectivity index (χ1) is 7.08. The van der Waals surface area contributed by atoms with Gasteiger partial charge in [-0.2, -0.15) is 0 Å². The highest BCUT2D eigenvalue weighted by Crippen LogP contribution is 2.36. The van der Waals surface area contributed by atoms with E-state index in [0.29, 0.717) is 5.75 Å². The maximum absolute atomic E-state index is 5.75. The van der Waals surface area contributed by atoms with Gasteiger partial charge in [-0.1, -0.05) is 0 Å². The highest BCUT2D eigenvalue weighted by atomic mass is 79.9. The van der Waals surface area contributed by atoms with Crippen molar-refractivity contribution < 1.29 is 9.47 Å². The summed E-state index contributed by atoms with van der Waals surface area (Å²) in [4.78, 5) is 0. The van der Waals surface area contributed by atoms with Crippen LogP contribution < -0.4 is 15.2 Å². The maximum atomic E-state index is 5.75. The molecule has 0 amide bonds. The Bertz CT molecular complexity index is 340. The molecule has 0 fully saturated rings. The van der Waals surface area contributed by atoms with Crippen LogP contribution in [-0.4, -0.2) is 20.3 Å². The second kappa shape index (κ2) is 5.37. The molecule has 0 aromatic heterocycles. The van der Waals surface area contributed by atoms with Crippen molar-refractivity contribution in [3.8, 4) is 11.5 Å². The van der Waals surface area contributed by atoms with E-state index in [4.69, 9.17) is 15.2 Å². The predicted octanol–water partition coefficient (Wildman–Crippen LogP) is 2.36. The molecule has 3 nitrogen and oxygen atoms in total. The molecule has 1 unspecified atom stereocenters. The zero-order chi connectivity index (χ0) is 11.4. The van der Waals surface area contributed by atoms with Gasteiger partial charge in [0, 0.05) is 6.04 Å². The standard InChI is InChI=1S/C11H16BrNO2/c1-7(13)4-8-5-9(12)11(15-3)10(6-8)14-2/h5-7H,4,13H2,1-3H3. The molecule has 0 aliphatic rings. The maximum Gasteiger partial charge on any atom is 0.174 e. The quantitative estimate of drug-likeness (QED) is 0.916. The lowest BCUT2D eigenvalue weighted by Crippen LogP contribution is -2.17. The summed E-state index contributed by atoms with van der Waals surface area (Å²) in [6.45, 7) is 1.98. The van der Waals surface area contributed by atoms with Crippen LogP contribution in [0.5, 0.6) is 11.5 Å². The summed E-state index contributed by atoms with van der Waals surface area (Å²) in [6, 6.07) is 4.09. The SMILES string of the molecule is COc1cc(CC(C)N)cc(Br)c1OC. The summed E-state index contributed by atoms with van der Waals surface area (Å²) in [5.74, 6) is 1.44. The first-order valence-electron chi connectivity index (χ1n) is 4.74. The summed E-state index contributed by atoms with van der Waals surface area (Å²) < 4.78 is 11.4. The van der Waals surface area contributed by atoms with Gasteiger partial charge in [0.05, 0.1) is 18.7 Å². The molecule has 4 heteroatoms. The first kappa shape index (κ1) is 12.3. The number of hydrogen-bond acceptors (Lipinski definition) is 3. The van der Waals surface area contributed by atoms with Crippen LogP contribution >= 0.6 is 15.9 Å². The molecule has 0 aliphatic heterocycles. The van der Waals surface area contributed by atoms with Crippen molar-refractivity contribution >= 4 is 15.9 Å². The van der Waals surface area contributed by atoms with Crippen molar-refractivity contribution in [3.63, 3.8) is 0 Å². The van der Waals surface area contributed by atoms with Crippen LogP contribution in [0.2, 0.25) is 0 Å². The normalized spacial score (nSPS) is 12.3. The lowest BCUT2D eigenvalue weighted by atomic mass is 10.1. The van der Waals surface area contributed by atoms with Crippen LogP contribution in [0.15, 0.2) is 16.6 Å².